The van der Waals surface area contributed by atoms with E-state index < -0.39 is 4.92 Å². The Balaban J connectivity index is 2.23. The molecular weight excluding hydrogens is 270 g/mol. The van der Waals surface area contributed by atoms with Crippen LogP contribution in [0.4, 0.5) is 5.69 Å². The number of nitro benzene ring substituents is 1. The number of H-pyrrole nitrogens is 1. The molecule has 0 saturated heterocycles. The van der Waals surface area contributed by atoms with E-state index in [-0.39, 0.29) is 11.2 Å². The molecule has 0 radical (unpaired) electrons. The van der Waals surface area contributed by atoms with Gasteiger partial charge in [-0.05, 0) is 19.1 Å². The molecule has 6 heteroatoms. The van der Waals surface area contributed by atoms with E-state index in [1.165, 1.54) is 6.07 Å². The predicted molar refractivity (Wildman–Crippen MR) is 79.2 cm³/mol. The molecule has 0 fully saturated rings. The Morgan fingerprint density at radius 2 is 1.95 bits per heavy atom. The molecule has 0 aliphatic rings. The van der Waals surface area contributed by atoms with Crippen LogP contribution in [-0.2, 0) is 0 Å². The van der Waals surface area contributed by atoms with Gasteiger partial charge < -0.3 is 4.98 Å². The summed E-state index contributed by atoms with van der Waals surface area (Å²) in [6.07, 6.45) is 0. The summed E-state index contributed by atoms with van der Waals surface area (Å²) in [4.78, 5) is 29.6. The molecule has 104 valence electrons. The number of fused-ring (bicyclic) bond motifs is 1. The molecule has 0 amide bonds. The minimum absolute atomic E-state index is 0.00306. The molecule has 0 unspecified atom stereocenters. The number of benzene rings is 2. The van der Waals surface area contributed by atoms with Gasteiger partial charge in [-0.1, -0.05) is 24.3 Å². The van der Waals surface area contributed by atoms with Crippen molar-refractivity contribution < 1.29 is 4.92 Å². The molecule has 21 heavy (non-hydrogen) atoms. The first-order valence-corrected chi connectivity index (χ1v) is 6.31. The quantitative estimate of drug-likeness (QED) is 0.577. The van der Waals surface area contributed by atoms with E-state index in [1.807, 2.05) is 0 Å². The second-order valence-electron chi connectivity index (χ2n) is 4.69. The SMILES string of the molecule is Cc1ccc(-c2nc3ccccc3c(=O)[nH]2)cc1[N+](=O)[O-]. The zero-order valence-corrected chi connectivity index (χ0v) is 11.2. The fourth-order valence-electron chi connectivity index (χ4n) is 2.18. The monoisotopic (exact) mass is 281 g/mol. The van der Waals surface area contributed by atoms with Crippen molar-refractivity contribution in [1.82, 2.24) is 9.97 Å². The van der Waals surface area contributed by atoms with Gasteiger partial charge >= 0.3 is 0 Å². The first-order valence-electron chi connectivity index (χ1n) is 6.31. The van der Waals surface area contributed by atoms with E-state index >= 15 is 0 Å². The minimum atomic E-state index is -0.446. The Morgan fingerprint density at radius 1 is 1.19 bits per heavy atom. The highest BCUT2D eigenvalue weighted by Gasteiger charge is 2.13. The molecule has 3 rings (SSSR count). The van der Waals surface area contributed by atoms with E-state index in [2.05, 4.69) is 9.97 Å². The van der Waals surface area contributed by atoms with Crippen molar-refractivity contribution in [2.45, 2.75) is 6.92 Å². The highest BCUT2D eigenvalue weighted by Crippen LogP contribution is 2.24. The largest absolute Gasteiger partial charge is 0.306 e. The van der Waals surface area contributed by atoms with Gasteiger partial charge in [0.05, 0.1) is 15.8 Å². The summed E-state index contributed by atoms with van der Waals surface area (Å²) < 4.78 is 0. The molecule has 1 heterocycles. The molecule has 0 saturated carbocycles. The van der Waals surface area contributed by atoms with Crippen molar-refractivity contribution in [3.05, 3.63) is 68.5 Å². The highest BCUT2D eigenvalue weighted by atomic mass is 16.6. The lowest BCUT2D eigenvalue weighted by atomic mass is 10.1. The summed E-state index contributed by atoms with van der Waals surface area (Å²) in [6, 6.07) is 11.7. The summed E-state index contributed by atoms with van der Waals surface area (Å²) >= 11 is 0. The fraction of sp³-hybridized carbons (Fsp3) is 0.0667. The summed E-state index contributed by atoms with van der Waals surface area (Å²) in [5.74, 6) is 0.321. The van der Waals surface area contributed by atoms with Crippen LogP contribution in [0, 0.1) is 17.0 Å². The molecule has 2 aromatic carbocycles. The van der Waals surface area contributed by atoms with Gasteiger partial charge in [0.2, 0.25) is 0 Å². The molecular formula is C15H11N3O3. The van der Waals surface area contributed by atoms with Gasteiger partial charge in [-0.25, -0.2) is 4.98 Å². The summed E-state index contributed by atoms with van der Waals surface area (Å²) in [5, 5.41) is 11.5. The van der Waals surface area contributed by atoms with Crippen molar-refractivity contribution in [3.8, 4) is 11.4 Å². The van der Waals surface area contributed by atoms with Gasteiger partial charge in [-0.2, -0.15) is 0 Å². The molecule has 1 aromatic heterocycles. The maximum atomic E-state index is 12.0. The molecule has 0 spiro atoms. The van der Waals surface area contributed by atoms with Crippen LogP contribution in [0.3, 0.4) is 0 Å². The van der Waals surface area contributed by atoms with Crippen LogP contribution in [0.1, 0.15) is 5.56 Å². The normalized spacial score (nSPS) is 10.7. The van der Waals surface area contributed by atoms with Gasteiger partial charge in [0.15, 0.2) is 0 Å². The van der Waals surface area contributed by atoms with Crippen molar-refractivity contribution >= 4 is 16.6 Å². The van der Waals surface area contributed by atoms with E-state index in [4.69, 9.17) is 0 Å². The first-order chi connectivity index (χ1) is 10.1. The Hall–Kier alpha value is -3.02. The molecule has 0 bridgehead atoms. The second-order valence-corrected chi connectivity index (χ2v) is 4.69. The lowest BCUT2D eigenvalue weighted by Crippen LogP contribution is -2.09. The van der Waals surface area contributed by atoms with Crippen LogP contribution in [0.5, 0.6) is 0 Å². The number of aromatic amines is 1. The highest BCUT2D eigenvalue weighted by molar-refractivity contribution is 5.79. The Bertz CT molecular complexity index is 915. The third-order valence-corrected chi connectivity index (χ3v) is 3.29. The van der Waals surface area contributed by atoms with Gasteiger partial charge in [0.1, 0.15) is 5.82 Å². The molecule has 0 aliphatic heterocycles. The molecule has 0 aliphatic carbocycles. The van der Waals surface area contributed by atoms with Crippen molar-refractivity contribution in [2.24, 2.45) is 0 Å². The van der Waals surface area contributed by atoms with E-state index in [9.17, 15) is 14.9 Å². The standard InChI is InChI=1S/C15H11N3O3/c1-9-6-7-10(8-13(9)18(20)21)14-16-12-5-3-2-4-11(12)15(19)17-14/h2-8H,1H3,(H,16,17,19). The predicted octanol–water partition coefficient (Wildman–Crippen LogP) is 2.81. The zero-order chi connectivity index (χ0) is 15.0. The maximum Gasteiger partial charge on any atom is 0.273 e. The van der Waals surface area contributed by atoms with Crippen molar-refractivity contribution in [3.63, 3.8) is 0 Å². The van der Waals surface area contributed by atoms with Gasteiger partial charge in [-0.3, -0.25) is 14.9 Å². The molecule has 3 aromatic rings. The second kappa shape index (κ2) is 4.82. The average Bonchev–Trinajstić information content (AvgIpc) is 2.47. The van der Waals surface area contributed by atoms with Crippen LogP contribution >= 0.6 is 0 Å². The van der Waals surface area contributed by atoms with Crippen LogP contribution in [0.2, 0.25) is 0 Å². The summed E-state index contributed by atoms with van der Waals surface area (Å²) in [5.41, 5.74) is 1.36. The van der Waals surface area contributed by atoms with Crippen molar-refractivity contribution in [1.29, 1.82) is 0 Å². The Kier molecular flexibility index (Phi) is 2.98. The first kappa shape index (κ1) is 13.0. The van der Waals surface area contributed by atoms with Crippen LogP contribution in [0.15, 0.2) is 47.3 Å². The third kappa shape index (κ3) is 2.27. The van der Waals surface area contributed by atoms with Gasteiger partial charge in [0.25, 0.3) is 11.2 Å². The van der Waals surface area contributed by atoms with Crippen LogP contribution in [0.25, 0.3) is 22.3 Å². The van der Waals surface area contributed by atoms with E-state index in [1.54, 1.807) is 43.3 Å². The molecule has 1 N–H and O–H groups in total. The number of hydrogen-bond donors (Lipinski definition) is 1. The third-order valence-electron chi connectivity index (χ3n) is 3.29. The van der Waals surface area contributed by atoms with E-state index in [0.29, 0.717) is 27.9 Å². The Labute approximate surface area is 119 Å². The summed E-state index contributed by atoms with van der Waals surface area (Å²) in [6.45, 7) is 1.67. The summed E-state index contributed by atoms with van der Waals surface area (Å²) in [7, 11) is 0. The smallest absolute Gasteiger partial charge is 0.273 e. The lowest BCUT2D eigenvalue weighted by molar-refractivity contribution is -0.385. The van der Waals surface area contributed by atoms with E-state index in [0.717, 1.165) is 0 Å². The maximum absolute atomic E-state index is 12.0. The lowest BCUT2D eigenvalue weighted by Gasteiger charge is -2.04. The number of nitrogens with zero attached hydrogens (tertiary/aromatic N) is 2. The van der Waals surface area contributed by atoms with Crippen molar-refractivity contribution in [2.75, 3.05) is 0 Å². The zero-order valence-electron chi connectivity index (χ0n) is 11.2. The number of aryl methyl sites for hydroxylation is 1. The fourth-order valence-corrected chi connectivity index (χ4v) is 2.18. The average molecular weight is 281 g/mol. The number of para-hydroxylation sites is 1. The number of nitro groups is 1. The van der Waals surface area contributed by atoms with Gasteiger partial charge in [-0.15, -0.1) is 0 Å². The molecule has 0 atom stereocenters. The molecule has 6 nitrogen and oxygen atoms in total. The van der Waals surface area contributed by atoms with Gasteiger partial charge in [0, 0.05) is 17.2 Å². The topological polar surface area (TPSA) is 88.9 Å². The van der Waals surface area contributed by atoms with Crippen LogP contribution < -0.4 is 5.56 Å². The van der Waals surface area contributed by atoms with Crippen LogP contribution in [-0.4, -0.2) is 14.9 Å². The number of hydrogen-bond acceptors (Lipinski definition) is 4. The number of aromatic nitrogens is 2. The minimum Gasteiger partial charge on any atom is -0.306 e. The number of nitrogens with one attached hydrogen (secondary N) is 1. The number of rotatable bonds is 2. The Morgan fingerprint density at radius 3 is 2.71 bits per heavy atom.